The molecule has 3 N–H and O–H groups in total. The Morgan fingerprint density at radius 2 is 1.90 bits per heavy atom. The van der Waals surface area contributed by atoms with Gasteiger partial charge in [-0.15, -0.1) is 0 Å². The van der Waals surface area contributed by atoms with Crippen LogP contribution in [0.1, 0.15) is 57.9 Å². The summed E-state index contributed by atoms with van der Waals surface area (Å²) in [6.07, 6.45) is 7.64. The smallest absolute Gasteiger partial charge is 0.0491 e. The highest BCUT2D eigenvalue weighted by atomic mass is 79.9. The second-order valence-electron chi connectivity index (χ2n) is 6.04. The van der Waals surface area contributed by atoms with Gasteiger partial charge in [-0.2, -0.15) is 0 Å². The lowest BCUT2D eigenvalue weighted by molar-refractivity contribution is 0.448. The third-order valence-electron chi connectivity index (χ3n) is 3.84. The molecule has 0 spiro atoms. The molecule has 1 aromatic carbocycles. The molecule has 0 amide bonds. The third-order valence-corrected chi connectivity index (χ3v) is 4.53. The van der Waals surface area contributed by atoms with Gasteiger partial charge in [0.25, 0.3) is 0 Å². The number of benzene rings is 1. The Hall–Kier alpha value is -0.540. The molecule has 0 aliphatic carbocycles. The molecule has 0 saturated carbocycles. The van der Waals surface area contributed by atoms with E-state index < -0.39 is 0 Å². The van der Waals surface area contributed by atoms with Gasteiger partial charge in [-0.25, -0.2) is 0 Å². The second-order valence-corrected chi connectivity index (χ2v) is 6.89. The summed E-state index contributed by atoms with van der Waals surface area (Å²) in [5.74, 6) is 0. The molecule has 0 aliphatic heterocycles. The average molecular weight is 341 g/mol. The van der Waals surface area contributed by atoms with E-state index in [-0.39, 0.29) is 5.54 Å². The molecule has 1 aromatic rings. The number of anilines is 1. The second kappa shape index (κ2) is 8.68. The van der Waals surface area contributed by atoms with Crippen molar-refractivity contribution in [3.63, 3.8) is 0 Å². The minimum Gasteiger partial charge on any atom is -0.378 e. The molecule has 20 heavy (non-hydrogen) atoms. The van der Waals surface area contributed by atoms with E-state index in [0.717, 1.165) is 16.6 Å². The fourth-order valence-corrected chi connectivity index (χ4v) is 2.74. The Labute approximate surface area is 132 Å². The number of nitrogens with one attached hydrogen (secondary N) is 1. The highest BCUT2D eigenvalue weighted by Crippen LogP contribution is 2.28. The van der Waals surface area contributed by atoms with E-state index in [1.807, 2.05) is 0 Å². The topological polar surface area (TPSA) is 38.0 Å². The Kier molecular flexibility index (Phi) is 7.60. The minimum atomic E-state index is -0.0253. The minimum absolute atomic E-state index is 0.0253. The first-order valence-corrected chi connectivity index (χ1v) is 8.54. The summed E-state index contributed by atoms with van der Waals surface area (Å²) in [6, 6.07) is 6.38. The number of hydrogen-bond donors (Lipinski definition) is 2. The Bertz CT molecular complexity index is 406. The summed E-state index contributed by atoms with van der Waals surface area (Å²) in [6.45, 7) is 7.24. The van der Waals surface area contributed by atoms with E-state index in [4.69, 9.17) is 5.73 Å². The number of rotatable bonds is 9. The number of nitrogens with two attached hydrogens (primary N) is 1. The predicted molar refractivity (Wildman–Crippen MR) is 93.3 cm³/mol. The zero-order valence-electron chi connectivity index (χ0n) is 13.1. The van der Waals surface area contributed by atoms with Gasteiger partial charge >= 0.3 is 0 Å². The van der Waals surface area contributed by atoms with E-state index in [1.165, 1.54) is 37.7 Å². The molecule has 0 bridgehead atoms. The number of halogens is 1. The van der Waals surface area contributed by atoms with Crippen molar-refractivity contribution in [2.75, 3.05) is 11.9 Å². The fourth-order valence-electron chi connectivity index (χ4n) is 2.39. The van der Waals surface area contributed by atoms with Gasteiger partial charge < -0.3 is 11.1 Å². The largest absolute Gasteiger partial charge is 0.378 e. The highest BCUT2D eigenvalue weighted by molar-refractivity contribution is 9.10. The quantitative estimate of drug-likeness (QED) is 0.602. The van der Waals surface area contributed by atoms with Crippen LogP contribution in [0, 0.1) is 6.92 Å². The SMILES string of the molecule is CCCCCCCC(C)(CN)Nc1cc(C)ccc1Br. The third kappa shape index (κ3) is 5.84. The molecule has 2 nitrogen and oxygen atoms in total. The number of hydrogen-bond acceptors (Lipinski definition) is 2. The summed E-state index contributed by atoms with van der Waals surface area (Å²) >= 11 is 3.61. The van der Waals surface area contributed by atoms with Crippen LogP contribution >= 0.6 is 15.9 Å². The van der Waals surface area contributed by atoms with Crippen LogP contribution in [-0.4, -0.2) is 12.1 Å². The van der Waals surface area contributed by atoms with Crippen molar-refractivity contribution in [2.45, 2.75) is 64.8 Å². The van der Waals surface area contributed by atoms with Crippen LogP contribution in [0.5, 0.6) is 0 Å². The normalized spacial score (nSPS) is 14.1. The van der Waals surface area contributed by atoms with Crippen LogP contribution in [0.15, 0.2) is 22.7 Å². The summed E-state index contributed by atoms with van der Waals surface area (Å²) < 4.78 is 1.11. The van der Waals surface area contributed by atoms with E-state index in [1.54, 1.807) is 0 Å². The monoisotopic (exact) mass is 340 g/mol. The summed E-state index contributed by atoms with van der Waals surface area (Å²) in [5, 5.41) is 3.63. The van der Waals surface area contributed by atoms with Crippen LogP contribution in [0.4, 0.5) is 5.69 Å². The molecular formula is C17H29BrN2. The van der Waals surface area contributed by atoms with Gasteiger partial charge in [-0.1, -0.05) is 45.1 Å². The molecule has 114 valence electrons. The van der Waals surface area contributed by atoms with Crippen molar-refractivity contribution in [3.05, 3.63) is 28.2 Å². The van der Waals surface area contributed by atoms with Gasteiger partial charge in [0.1, 0.15) is 0 Å². The molecular weight excluding hydrogens is 312 g/mol. The van der Waals surface area contributed by atoms with E-state index in [9.17, 15) is 0 Å². The maximum atomic E-state index is 6.01. The lowest BCUT2D eigenvalue weighted by Crippen LogP contribution is -2.42. The van der Waals surface area contributed by atoms with E-state index in [0.29, 0.717) is 6.54 Å². The molecule has 0 aromatic heterocycles. The van der Waals surface area contributed by atoms with Crippen LogP contribution in [0.3, 0.4) is 0 Å². The van der Waals surface area contributed by atoms with E-state index in [2.05, 4.69) is 60.2 Å². The molecule has 0 fully saturated rings. The predicted octanol–water partition coefficient (Wildman–Crippen LogP) is 5.25. The lowest BCUT2D eigenvalue weighted by atomic mass is 9.93. The molecule has 1 atom stereocenters. The molecule has 1 rings (SSSR count). The van der Waals surface area contributed by atoms with Crippen molar-refractivity contribution in [3.8, 4) is 0 Å². The molecule has 0 radical (unpaired) electrons. The molecule has 3 heteroatoms. The Balaban J connectivity index is 2.57. The van der Waals surface area contributed by atoms with Gasteiger partial charge in [0.2, 0.25) is 0 Å². The number of unbranched alkanes of at least 4 members (excludes halogenated alkanes) is 4. The Morgan fingerprint density at radius 1 is 1.20 bits per heavy atom. The fraction of sp³-hybridized carbons (Fsp3) is 0.647. The molecule has 0 aliphatic rings. The van der Waals surface area contributed by atoms with Crippen LogP contribution in [0.25, 0.3) is 0 Å². The summed E-state index contributed by atoms with van der Waals surface area (Å²) in [7, 11) is 0. The van der Waals surface area contributed by atoms with Gasteiger partial charge in [0.05, 0.1) is 0 Å². The Morgan fingerprint density at radius 3 is 2.55 bits per heavy atom. The van der Waals surface area contributed by atoms with Crippen LogP contribution in [0.2, 0.25) is 0 Å². The summed E-state index contributed by atoms with van der Waals surface area (Å²) in [5.41, 5.74) is 8.39. The maximum Gasteiger partial charge on any atom is 0.0491 e. The first-order chi connectivity index (χ1) is 9.50. The van der Waals surface area contributed by atoms with Crippen LogP contribution in [-0.2, 0) is 0 Å². The standard InChI is InChI=1S/C17H29BrN2/c1-4-5-6-7-8-11-17(3,13-19)20-16-12-14(2)9-10-15(16)18/h9-10,12,20H,4-8,11,13,19H2,1-3H3. The van der Waals surface area contributed by atoms with Crippen molar-refractivity contribution < 1.29 is 0 Å². The van der Waals surface area contributed by atoms with E-state index >= 15 is 0 Å². The lowest BCUT2D eigenvalue weighted by Gasteiger charge is -2.31. The summed E-state index contributed by atoms with van der Waals surface area (Å²) in [4.78, 5) is 0. The van der Waals surface area contributed by atoms with Crippen LogP contribution < -0.4 is 11.1 Å². The van der Waals surface area contributed by atoms with Crippen molar-refractivity contribution in [1.82, 2.24) is 0 Å². The van der Waals surface area contributed by atoms with Gasteiger partial charge in [-0.05, 0) is 53.9 Å². The van der Waals surface area contributed by atoms with Gasteiger partial charge in [0, 0.05) is 22.2 Å². The van der Waals surface area contributed by atoms with Gasteiger partial charge in [0.15, 0.2) is 0 Å². The van der Waals surface area contributed by atoms with Crippen molar-refractivity contribution in [2.24, 2.45) is 5.73 Å². The van der Waals surface area contributed by atoms with Crippen molar-refractivity contribution >= 4 is 21.6 Å². The molecule has 0 heterocycles. The first-order valence-electron chi connectivity index (χ1n) is 7.75. The average Bonchev–Trinajstić information content (AvgIpc) is 2.43. The molecule has 1 unspecified atom stereocenters. The number of aryl methyl sites for hydroxylation is 1. The molecule has 0 saturated heterocycles. The van der Waals surface area contributed by atoms with Gasteiger partial charge in [-0.3, -0.25) is 0 Å². The first kappa shape index (κ1) is 17.5. The zero-order valence-corrected chi connectivity index (χ0v) is 14.7. The zero-order chi connectivity index (χ0) is 15.0. The maximum absolute atomic E-state index is 6.01. The highest BCUT2D eigenvalue weighted by Gasteiger charge is 2.22. The van der Waals surface area contributed by atoms with Crippen molar-refractivity contribution in [1.29, 1.82) is 0 Å².